The summed E-state index contributed by atoms with van der Waals surface area (Å²) in [6, 6.07) is 10.1. The summed E-state index contributed by atoms with van der Waals surface area (Å²) in [7, 11) is 0. The number of hydrogen-bond donors (Lipinski definition) is 0. The van der Waals surface area contributed by atoms with Gasteiger partial charge in [0.25, 0.3) is 0 Å². The highest BCUT2D eigenvalue weighted by Crippen LogP contribution is 2.11. The van der Waals surface area contributed by atoms with Gasteiger partial charge in [-0.1, -0.05) is 43.8 Å². The first kappa shape index (κ1) is 10.7. The topological polar surface area (TPSA) is 17.1 Å². The van der Waals surface area contributed by atoms with Gasteiger partial charge >= 0.3 is 0 Å². The van der Waals surface area contributed by atoms with Crippen molar-refractivity contribution in [1.29, 1.82) is 0 Å². The van der Waals surface area contributed by atoms with E-state index in [0.29, 0.717) is 5.57 Å². The van der Waals surface area contributed by atoms with Gasteiger partial charge in [0.1, 0.15) is 0 Å². The van der Waals surface area contributed by atoms with Gasteiger partial charge in [-0.25, -0.2) is 0 Å². The maximum Gasteiger partial charge on any atom is 0.161 e. The average Bonchev–Trinajstić information content (AvgIpc) is 2.18. The minimum atomic E-state index is 0.0369. The fraction of sp³-hybridized carbons (Fsp3) is 0.308. The molecule has 0 aromatic heterocycles. The molecule has 74 valence electrons. The van der Waals surface area contributed by atoms with Crippen molar-refractivity contribution in [3.05, 3.63) is 48.0 Å². The summed E-state index contributed by atoms with van der Waals surface area (Å²) < 4.78 is 0. The number of benzene rings is 1. The van der Waals surface area contributed by atoms with E-state index in [9.17, 15) is 4.79 Å². The highest BCUT2D eigenvalue weighted by molar-refractivity contribution is 5.95. The Bertz CT molecular complexity index is 324. The first-order valence-electron chi connectivity index (χ1n) is 4.85. The van der Waals surface area contributed by atoms with Crippen molar-refractivity contribution in [3.8, 4) is 0 Å². The zero-order valence-electron chi connectivity index (χ0n) is 8.79. The quantitative estimate of drug-likeness (QED) is 0.664. The second kappa shape index (κ2) is 4.75. The van der Waals surface area contributed by atoms with Crippen LogP contribution in [0.15, 0.2) is 42.5 Å². The number of ketones is 1. The number of carbonyl (C=O) groups excluding carboxylic acids is 1. The Balaban J connectivity index is 2.62. The van der Waals surface area contributed by atoms with E-state index in [4.69, 9.17) is 0 Å². The lowest BCUT2D eigenvalue weighted by molar-refractivity contribution is -0.118. The Morgan fingerprint density at radius 2 is 1.93 bits per heavy atom. The van der Waals surface area contributed by atoms with Crippen LogP contribution in [0, 0.1) is 5.92 Å². The Kier molecular flexibility index (Phi) is 3.63. The molecule has 1 nitrogen and oxygen atoms in total. The molecule has 0 heterocycles. The van der Waals surface area contributed by atoms with Crippen LogP contribution in [0.4, 0.5) is 0 Å². The minimum Gasteiger partial charge on any atom is -0.294 e. The Morgan fingerprint density at radius 3 is 2.43 bits per heavy atom. The smallest absolute Gasteiger partial charge is 0.161 e. The zero-order chi connectivity index (χ0) is 10.6. The molecule has 0 saturated carbocycles. The Morgan fingerprint density at radius 1 is 1.36 bits per heavy atom. The van der Waals surface area contributed by atoms with Crippen LogP contribution in [0.5, 0.6) is 0 Å². The van der Waals surface area contributed by atoms with Crippen molar-refractivity contribution in [1.82, 2.24) is 0 Å². The molecule has 1 aromatic rings. The van der Waals surface area contributed by atoms with Crippen molar-refractivity contribution >= 4 is 5.78 Å². The number of carbonyl (C=O) groups is 1. The second-order valence-corrected chi connectivity index (χ2v) is 3.74. The van der Waals surface area contributed by atoms with E-state index < -0.39 is 0 Å². The molecule has 0 amide bonds. The molecule has 0 unspecified atom stereocenters. The van der Waals surface area contributed by atoms with Gasteiger partial charge in [0.05, 0.1) is 0 Å². The third kappa shape index (κ3) is 2.84. The van der Waals surface area contributed by atoms with Crippen LogP contribution in [0.25, 0.3) is 0 Å². The van der Waals surface area contributed by atoms with Gasteiger partial charge in [0.15, 0.2) is 5.78 Å². The van der Waals surface area contributed by atoms with Gasteiger partial charge in [-0.15, -0.1) is 0 Å². The van der Waals surface area contributed by atoms with Crippen LogP contribution in [0.1, 0.15) is 19.4 Å². The Hall–Kier alpha value is -1.37. The molecule has 1 rings (SSSR count). The van der Waals surface area contributed by atoms with E-state index in [0.717, 1.165) is 6.42 Å². The van der Waals surface area contributed by atoms with Crippen molar-refractivity contribution in [3.63, 3.8) is 0 Å². The van der Waals surface area contributed by atoms with Crippen LogP contribution in [-0.4, -0.2) is 5.78 Å². The second-order valence-electron chi connectivity index (χ2n) is 3.74. The van der Waals surface area contributed by atoms with E-state index in [1.54, 1.807) is 6.92 Å². The molecular formula is C13H16O. The van der Waals surface area contributed by atoms with Crippen LogP contribution in [0.2, 0.25) is 0 Å². The van der Waals surface area contributed by atoms with E-state index in [1.165, 1.54) is 5.56 Å². The van der Waals surface area contributed by atoms with Crippen LogP contribution >= 0.6 is 0 Å². The number of rotatable bonds is 4. The third-order valence-electron chi connectivity index (χ3n) is 2.25. The van der Waals surface area contributed by atoms with Gasteiger partial charge in [-0.05, 0) is 24.5 Å². The number of allylic oxidation sites excluding steroid dienone is 1. The molecule has 0 N–H and O–H groups in total. The summed E-state index contributed by atoms with van der Waals surface area (Å²) >= 11 is 0. The van der Waals surface area contributed by atoms with Gasteiger partial charge in [0.2, 0.25) is 0 Å². The van der Waals surface area contributed by atoms with E-state index >= 15 is 0 Å². The summed E-state index contributed by atoms with van der Waals surface area (Å²) in [5, 5.41) is 0. The molecule has 14 heavy (non-hydrogen) atoms. The number of hydrogen-bond acceptors (Lipinski definition) is 1. The summed E-state index contributed by atoms with van der Waals surface area (Å²) in [5.74, 6) is 0.198. The molecule has 0 aliphatic carbocycles. The standard InChI is InChI=1S/C13H16O/c1-10(2)13(14)11(3)9-12-7-5-4-6-8-12/h4-8,11H,1,9H2,2-3H3/t11-/m0/s1. The molecule has 1 heteroatoms. The summed E-state index contributed by atoms with van der Waals surface area (Å²) in [5.41, 5.74) is 1.85. The molecule has 1 aromatic carbocycles. The minimum absolute atomic E-state index is 0.0369. The summed E-state index contributed by atoms with van der Waals surface area (Å²) in [4.78, 5) is 11.5. The lowest BCUT2D eigenvalue weighted by atomic mass is 9.94. The molecule has 0 saturated heterocycles. The SMILES string of the molecule is C=C(C)C(=O)[C@@H](C)Cc1ccccc1. The molecule has 0 radical (unpaired) electrons. The zero-order valence-corrected chi connectivity index (χ0v) is 8.79. The van der Waals surface area contributed by atoms with Crippen LogP contribution in [0.3, 0.4) is 0 Å². The van der Waals surface area contributed by atoms with Gasteiger partial charge < -0.3 is 0 Å². The predicted octanol–water partition coefficient (Wildman–Crippen LogP) is 3.01. The molecule has 0 aliphatic rings. The maximum absolute atomic E-state index is 11.5. The first-order valence-corrected chi connectivity index (χ1v) is 4.85. The van der Waals surface area contributed by atoms with Gasteiger partial charge in [-0.2, -0.15) is 0 Å². The maximum atomic E-state index is 11.5. The van der Waals surface area contributed by atoms with Crippen molar-refractivity contribution < 1.29 is 4.79 Å². The molecule has 0 bridgehead atoms. The van der Waals surface area contributed by atoms with Crippen molar-refractivity contribution in [2.45, 2.75) is 20.3 Å². The van der Waals surface area contributed by atoms with Gasteiger partial charge in [0, 0.05) is 5.92 Å². The first-order chi connectivity index (χ1) is 6.61. The molecule has 1 atom stereocenters. The lowest BCUT2D eigenvalue weighted by Gasteiger charge is -2.09. The van der Waals surface area contributed by atoms with E-state index in [1.807, 2.05) is 37.3 Å². The normalized spacial score (nSPS) is 12.1. The Labute approximate surface area is 85.5 Å². The fourth-order valence-electron chi connectivity index (χ4n) is 1.48. The van der Waals surface area contributed by atoms with E-state index in [2.05, 4.69) is 6.58 Å². The molecular weight excluding hydrogens is 172 g/mol. The monoisotopic (exact) mass is 188 g/mol. The fourth-order valence-corrected chi connectivity index (χ4v) is 1.48. The lowest BCUT2D eigenvalue weighted by Crippen LogP contribution is -2.13. The van der Waals surface area contributed by atoms with E-state index in [-0.39, 0.29) is 11.7 Å². The summed E-state index contributed by atoms with van der Waals surface area (Å²) in [6.45, 7) is 7.38. The highest BCUT2D eigenvalue weighted by atomic mass is 16.1. The van der Waals surface area contributed by atoms with Crippen LogP contribution in [-0.2, 0) is 11.2 Å². The molecule has 0 aliphatic heterocycles. The van der Waals surface area contributed by atoms with Crippen LogP contribution < -0.4 is 0 Å². The molecule has 0 fully saturated rings. The third-order valence-corrected chi connectivity index (χ3v) is 2.25. The largest absolute Gasteiger partial charge is 0.294 e. The number of Topliss-reactive ketones (excluding diaryl/α,β-unsaturated/α-hetero) is 1. The predicted molar refractivity (Wildman–Crippen MR) is 59.1 cm³/mol. The average molecular weight is 188 g/mol. The van der Waals surface area contributed by atoms with Gasteiger partial charge in [-0.3, -0.25) is 4.79 Å². The highest BCUT2D eigenvalue weighted by Gasteiger charge is 2.13. The summed E-state index contributed by atoms with van der Waals surface area (Å²) in [6.07, 6.45) is 0.798. The van der Waals surface area contributed by atoms with Crippen molar-refractivity contribution in [2.24, 2.45) is 5.92 Å². The molecule has 0 spiro atoms. The van der Waals surface area contributed by atoms with Crippen molar-refractivity contribution in [2.75, 3.05) is 0 Å².